The molecule has 114 valence electrons. The molecule has 19 heavy (non-hydrogen) atoms. The number of hydrogen-bond donors (Lipinski definition) is 2. The van der Waals surface area contributed by atoms with Crippen LogP contribution in [0.3, 0.4) is 0 Å². The Kier molecular flexibility index (Phi) is 7.69. The second kappa shape index (κ2) is 8.47. The van der Waals surface area contributed by atoms with Gasteiger partial charge in [0.15, 0.2) is 0 Å². The molecule has 0 aromatic carbocycles. The van der Waals surface area contributed by atoms with Gasteiger partial charge < -0.3 is 19.3 Å². The highest BCUT2D eigenvalue weighted by molar-refractivity contribution is 7.80. The molecule has 0 aliphatic heterocycles. The molecule has 5 unspecified atom stereocenters. The summed E-state index contributed by atoms with van der Waals surface area (Å²) in [5.74, 6) is 0.281. The Bertz CT molecular complexity index is 246. The molecule has 1 rings (SSSR count). The van der Waals surface area contributed by atoms with E-state index in [1.165, 1.54) is 0 Å². The van der Waals surface area contributed by atoms with Crippen LogP contribution in [0.15, 0.2) is 0 Å². The monoisotopic (exact) mass is 292 g/mol. The third-order valence-electron chi connectivity index (χ3n) is 3.84. The molecule has 0 saturated heterocycles. The highest BCUT2D eigenvalue weighted by Crippen LogP contribution is 2.29. The van der Waals surface area contributed by atoms with Crippen molar-refractivity contribution in [2.75, 3.05) is 20.8 Å². The largest absolute Gasteiger partial charge is 0.394 e. The molecule has 0 spiro atoms. The predicted molar refractivity (Wildman–Crippen MR) is 78.8 cm³/mol. The van der Waals surface area contributed by atoms with Crippen LogP contribution >= 0.6 is 12.6 Å². The molecule has 0 amide bonds. The SMILES string of the molecule is COC1CC(S)CCC1OC(C(C)C)C(CO)OC. The molecule has 0 radical (unpaired) electrons. The van der Waals surface area contributed by atoms with E-state index in [0.29, 0.717) is 5.25 Å². The minimum absolute atomic E-state index is 0.0289. The number of hydrogen-bond acceptors (Lipinski definition) is 5. The van der Waals surface area contributed by atoms with Gasteiger partial charge in [-0.15, -0.1) is 0 Å². The van der Waals surface area contributed by atoms with Crippen molar-refractivity contribution < 1.29 is 19.3 Å². The van der Waals surface area contributed by atoms with Gasteiger partial charge in [0, 0.05) is 19.5 Å². The standard InChI is InChI=1S/C14H28O4S/c1-9(2)14(13(8-15)17-4)18-11-6-5-10(19)7-12(11)16-3/h9-15,19H,5-8H2,1-4H3. The first-order valence-electron chi connectivity index (χ1n) is 7.03. The maximum absolute atomic E-state index is 9.39. The summed E-state index contributed by atoms with van der Waals surface area (Å²) < 4.78 is 17.1. The van der Waals surface area contributed by atoms with Crippen molar-refractivity contribution >= 4 is 12.6 Å². The summed E-state index contributed by atoms with van der Waals surface area (Å²) in [5, 5.41) is 9.78. The molecule has 0 bridgehead atoms. The molecule has 0 aromatic heterocycles. The Morgan fingerprint density at radius 1 is 1.21 bits per heavy atom. The van der Waals surface area contributed by atoms with Gasteiger partial charge in [0.25, 0.3) is 0 Å². The van der Waals surface area contributed by atoms with Gasteiger partial charge in [0.05, 0.1) is 24.9 Å². The number of rotatable bonds is 7. The van der Waals surface area contributed by atoms with Crippen molar-refractivity contribution in [3.05, 3.63) is 0 Å². The summed E-state index contributed by atoms with van der Waals surface area (Å²) in [7, 11) is 3.33. The number of methoxy groups -OCH3 is 2. The molecule has 4 nitrogen and oxygen atoms in total. The van der Waals surface area contributed by atoms with E-state index in [1.807, 2.05) is 0 Å². The molecule has 1 aliphatic carbocycles. The van der Waals surface area contributed by atoms with Crippen LogP contribution in [-0.2, 0) is 14.2 Å². The summed E-state index contributed by atoms with van der Waals surface area (Å²) in [4.78, 5) is 0. The summed E-state index contributed by atoms with van der Waals surface area (Å²) in [6, 6.07) is 0. The Balaban J connectivity index is 2.66. The van der Waals surface area contributed by atoms with E-state index >= 15 is 0 Å². The topological polar surface area (TPSA) is 47.9 Å². The maximum Gasteiger partial charge on any atom is 0.106 e. The van der Waals surface area contributed by atoms with Crippen molar-refractivity contribution in [1.82, 2.24) is 0 Å². The molecule has 0 aromatic rings. The molecule has 0 heterocycles. The van der Waals surface area contributed by atoms with Gasteiger partial charge in [-0.1, -0.05) is 13.8 Å². The Labute approximate surface area is 122 Å². The van der Waals surface area contributed by atoms with Gasteiger partial charge in [-0.25, -0.2) is 0 Å². The van der Waals surface area contributed by atoms with Crippen molar-refractivity contribution in [3.63, 3.8) is 0 Å². The second-order valence-electron chi connectivity index (χ2n) is 5.58. The van der Waals surface area contributed by atoms with Gasteiger partial charge in [-0.2, -0.15) is 12.6 Å². The lowest BCUT2D eigenvalue weighted by atomic mass is 9.93. The zero-order valence-electron chi connectivity index (χ0n) is 12.4. The summed E-state index contributed by atoms with van der Waals surface area (Å²) >= 11 is 4.52. The quantitative estimate of drug-likeness (QED) is 0.704. The highest BCUT2D eigenvalue weighted by atomic mass is 32.1. The van der Waals surface area contributed by atoms with Crippen LogP contribution in [0, 0.1) is 5.92 Å². The van der Waals surface area contributed by atoms with E-state index in [9.17, 15) is 5.11 Å². The molecular formula is C14H28O4S. The van der Waals surface area contributed by atoms with Crippen molar-refractivity contribution in [2.45, 2.75) is 62.8 Å². The van der Waals surface area contributed by atoms with Crippen LogP contribution in [0.2, 0.25) is 0 Å². The zero-order valence-corrected chi connectivity index (χ0v) is 13.3. The molecule has 1 aliphatic rings. The van der Waals surface area contributed by atoms with Crippen LogP contribution in [0.1, 0.15) is 33.1 Å². The minimum atomic E-state index is -0.286. The summed E-state index contributed by atoms with van der Waals surface area (Å²) in [6.45, 7) is 4.13. The Hall–Kier alpha value is 0.190. The van der Waals surface area contributed by atoms with Gasteiger partial charge >= 0.3 is 0 Å². The van der Waals surface area contributed by atoms with Gasteiger partial charge in [-0.3, -0.25) is 0 Å². The fourth-order valence-corrected chi connectivity index (χ4v) is 3.03. The molecule has 5 heteroatoms. The van der Waals surface area contributed by atoms with Crippen LogP contribution in [-0.4, -0.2) is 55.6 Å². The van der Waals surface area contributed by atoms with E-state index in [-0.39, 0.29) is 36.9 Å². The van der Waals surface area contributed by atoms with E-state index in [2.05, 4.69) is 26.5 Å². The van der Waals surface area contributed by atoms with Crippen LogP contribution in [0.25, 0.3) is 0 Å². The van der Waals surface area contributed by atoms with Crippen molar-refractivity contribution in [3.8, 4) is 0 Å². The first kappa shape index (κ1) is 17.2. The van der Waals surface area contributed by atoms with Gasteiger partial charge in [-0.05, 0) is 25.2 Å². The van der Waals surface area contributed by atoms with E-state index in [1.54, 1.807) is 14.2 Å². The van der Waals surface area contributed by atoms with E-state index in [4.69, 9.17) is 14.2 Å². The van der Waals surface area contributed by atoms with Crippen molar-refractivity contribution in [1.29, 1.82) is 0 Å². The Morgan fingerprint density at radius 2 is 1.89 bits per heavy atom. The lowest BCUT2D eigenvalue weighted by Gasteiger charge is -2.38. The number of aliphatic hydroxyl groups is 1. The first-order chi connectivity index (χ1) is 9.03. The summed E-state index contributed by atoms with van der Waals surface area (Å²) in [6.07, 6.45) is 2.62. The normalized spacial score (nSPS) is 31.4. The molecule has 5 atom stereocenters. The zero-order chi connectivity index (χ0) is 14.4. The lowest BCUT2D eigenvalue weighted by molar-refractivity contribution is -0.161. The van der Waals surface area contributed by atoms with E-state index in [0.717, 1.165) is 19.3 Å². The molecular weight excluding hydrogens is 264 g/mol. The molecule has 1 N–H and O–H groups in total. The van der Waals surface area contributed by atoms with Crippen molar-refractivity contribution in [2.24, 2.45) is 5.92 Å². The third-order valence-corrected chi connectivity index (χ3v) is 4.31. The Morgan fingerprint density at radius 3 is 2.37 bits per heavy atom. The smallest absolute Gasteiger partial charge is 0.106 e. The van der Waals surface area contributed by atoms with Crippen LogP contribution in [0.5, 0.6) is 0 Å². The maximum atomic E-state index is 9.39. The number of aliphatic hydroxyl groups excluding tert-OH is 1. The average molecular weight is 292 g/mol. The van der Waals surface area contributed by atoms with Crippen LogP contribution in [0.4, 0.5) is 0 Å². The van der Waals surface area contributed by atoms with E-state index < -0.39 is 0 Å². The lowest BCUT2D eigenvalue weighted by Crippen LogP contribution is -2.46. The van der Waals surface area contributed by atoms with Crippen LogP contribution < -0.4 is 0 Å². The summed E-state index contributed by atoms with van der Waals surface area (Å²) in [5.41, 5.74) is 0. The first-order valence-corrected chi connectivity index (χ1v) is 7.55. The number of thiol groups is 1. The molecule has 1 saturated carbocycles. The fraction of sp³-hybridized carbons (Fsp3) is 1.00. The second-order valence-corrected chi connectivity index (χ2v) is 6.31. The fourth-order valence-electron chi connectivity index (χ4n) is 2.67. The highest BCUT2D eigenvalue weighted by Gasteiger charge is 2.35. The average Bonchev–Trinajstić information content (AvgIpc) is 2.40. The molecule has 1 fully saturated rings. The third kappa shape index (κ3) is 4.90. The van der Waals surface area contributed by atoms with Gasteiger partial charge in [0.2, 0.25) is 0 Å². The minimum Gasteiger partial charge on any atom is -0.394 e. The predicted octanol–water partition coefficient (Wildman–Crippen LogP) is 1.90. The van der Waals surface area contributed by atoms with Gasteiger partial charge in [0.1, 0.15) is 6.10 Å². The number of ether oxygens (including phenoxy) is 3.